The normalized spacial score (nSPS) is 23.4. The Labute approximate surface area is 221 Å². The standard InChI is InChI=1S/C25H32N2O10S/c1-14-8-10-15(11-9-14)38(31,32)37-19-16-12-13-26(36-23(30)35-25(5,6)7)18-17(16)27(20(18)28)21(19)33-22(29)34-24(2,3)4/h8-11,16-18H,12-13H2,1-7H3/t16?,17-,18+/m1/s1. The van der Waals surface area contributed by atoms with Gasteiger partial charge in [-0.2, -0.15) is 8.42 Å². The van der Waals surface area contributed by atoms with Gasteiger partial charge in [0.15, 0.2) is 5.76 Å². The first kappa shape index (κ1) is 27.7. The van der Waals surface area contributed by atoms with E-state index in [4.69, 9.17) is 23.2 Å². The van der Waals surface area contributed by atoms with Gasteiger partial charge in [0, 0.05) is 12.5 Å². The Kier molecular flexibility index (Phi) is 6.89. The minimum absolute atomic E-state index is 0.0851. The van der Waals surface area contributed by atoms with Gasteiger partial charge in [0.25, 0.3) is 11.8 Å². The molecule has 0 radical (unpaired) electrons. The van der Waals surface area contributed by atoms with Crippen molar-refractivity contribution in [2.75, 3.05) is 6.54 Å². The molecule has 4 rings (SSSR count). The molecule has 1 amide bonds. The fourth-order valence-electron chi connectivity index (χ4n) is 4.45. The Morgan fingerprint density at radius 1 is 0.947 bits per heavy atom. The van der Waals surface area contributed by atoms with Crippen LogP contribution >= 0.6 is 0 Å². The predicted molar refractivity (Wildman–Crippen MR) is 130 cm³/mol. The third-order valence-electron chi connectivity index (χ3n) is 5.92. The molecule has 3 aliphatic rings. The van der Waals surface area contributed by atoms with Gasteiger partial charge in [-0.05, 0) is 67.0 Å². The summed E-state index contributed by atoms with van der Waals surface area (Å²) < 4.78 is 47.6. The van der Waals surface area contributed by atoms with E-state index in [9.17, 15) is 22.8 Å². The molecule has 13 heteroatoms. The Morgan fingerprint density at radius 3 is 2.11 bits per heavy atom. The topological polar surface area (TPSA) is 138 Å². The van der Waals surface area contributed by atoms with Crippen LogP contribution in [0, 0.1) is 12.8 Å². The number of amides is 1. The van der Waals surface area contributed by atoms with Gasteiger partial charge in [-0.1, -0.05) is 17.7 Å². The number of piperidine rings is 1. The van der Waals surface area contributed by atoms with Crippen LogP contribution in [-0.2, 0) is 38.1 Å². The minimum atomic E-state index is -4.34. The highest BCUT2D eigenvalue weighted by atomic mass is 32.2. The van der Waals surface area contributed by atoms with Gasteiger partial charge in [-0.25, -0.2) is 9.59 Å². The number of hydrogen-bond donors (Lipinski definition) is 0. The molecule has 1 unspecified atom stereocenters. The van der Waals surface area contributed by atoms with Crippen LogP contribution < -0.4 is 0 Å². The monoisotopic (exact) mass is 552 g/mol. The molecule has 2 fully saturated rings. The van der Waals surface area contributed by atoms with E-state index in [0.717, 1.165) is 10.5 Å². The summed E-state index contributed by atoms with van der Waals surface area (Å²) in [6.45, 7) is 11.8. The average molecular weight is 553 g/mol. The molecule has 0 N–H and O–H groups in total. The Morgan fingerprint density at radius 2 is 1.53 bits per heavy atom. The molecule has 2 saturated heterocycles. The van der Waals surface area contributed by atoms with Crippen molar-refractivity contribution in [3.63, 3.8) is 0 Å². The molecule has 1 aromatic carbocycles. The van der Waals surface area contributed by atoms with Crippen LogP contribution in [0.25, 0.3) is 0 Å². The van der Waals surface area contributed by atoms with E-state index in [0.29, 0.717) is 0 Å². The molecule has 3 aliphatic heterocycles. The second-order valence-electron chi connectivity index (χ2n) is 11.3. The highest BCUT2D eigenvalue weighted by molar-refractivity contribution is 7.86. The lowest BCUT2D eigenvalue weighted by atomic mass is 9.81. The van der Waals surface area contributed by atoms with Gasteiger partial charge >= 0.3 is 22.4 Å². The molecule has 12 nitrogen and oxygen atoms in total. The minimum Gasteiger partial charge on any atom is -0.428 e. The molecule has 208 valence electrons. The number of β-lactam (4-membered cyclic amide) rings is 1. The summed E-state index contributed by atoms with van der Waals surface area (Å²) in [5.41, 5.74) is -0.856. The van der Waals surface area contributed by atoms with Crippen LogP contribution in [0.15, 0.2) is 40.8 Å². The molecule has 3 heterocycles. The zero-order valence-electron chi connectivity index (χ0n) is 22.3. The largest absolute Gasteiger partial charge is 0.528 e. The van der Waals surface area contributed by atoms with E-state index in [-0.39, 0.29) is 29.5 Å². The first-order chi connectivity index (χ1) is 17.5. The number of carbonyl (C=O) groups excluding carboxylic acids is 3. The number of hydrogen-bond acceptors (Lipinski definition) is 11. The molecule has 0 aliphatic carbocycles. The van der Waals surface area contributed by atoms with E-state index < -0.39 is 57.5 Å². The Balaban J connectivity index is 1.63. The van der Waals surface area contributed by atoms with Crippen LogP contribution in [0.2, 0.25) is 0 Å². The SMILES string of the molecule is Cc1ccc(S(=O)(=O)OC2=C(OC(=O)OC(C)(C)C)N3C(=O)[C@@H]4[C@H]3C2CCN4OC(=O)OC(C)(C)C)cc1. The number of hydroxylamine groups is 2. The number of rotatable bonds is 5. The quantitative estimate of drug-likeness (QED) is 0.301. The Hall–Kier alpha value is -3.32. The van der Waals surface area contributed by atoms with E-state index >= 15 is 0 Å². The number of benzene rings is 1. The molecule has 3 atom stereocenters. The van der Waals surface area contributed by atoms with Gasteiger partial charge in [0.05, 0.1) is 6.04 Å². The lowest BCUT2D eigenvalue weighted by molar-refractivity contribution is -0.223. The van der Waals surface area contributed by atoms with Crippen molar-refractivity contribution in [1.82, 2.24) is 9.96 Å². The molecular formula is C25H32N2O10S. The molecule has 38 heavy (non-hydrogen) atoms. The number of aryl methyl sites for hydroxylation is 1. The summed E-state index contributed by atoms with van der Waals surface area (Å²) in [4.78, 5) is 44.3. The van der Waals surface area contributed by atoms with Crippen molar-refractivity contribution in [2.45, 2.75) is 83.1 Å². The van der Waals surface area contributed by atoms with Gasteiger partial charge in [0.1, 0.15) is 22.1 Å². The first-order valence-electron chi connectivity index (χ1n) is 12.1. The summed E-state index contributed by atoms with van der Waals surface area (Å²) in [6.07, 6.45) is -1.87. The van der Waals surface area contributed by atoms with Crippen molar-refractivity contribution in [3.05, 3.63) is 41.5 Å². The molecule has 0 saturated carbocycles. The molecule has 0 bridgehead atoms. The molecular weight excluding hydrogens is 520 g/mol. The van der Waals surface area contributed by atoms with Crippen molar-refractivity contribution >= 4 is 28.3 Å². The van der Waals surface area contributed by atoms with Crippen molar-refractivity contribution in [3.8, 4) is 0 Å². The number of carbonyl (C=O) groups is 3. The maximum atomic E-state index is 13.2. The molecule has 0 spiro atoms. The van der Waals surface area contributed by atoms with Crippen molar-refractivity contribution < 1.29 is 46.0 Å². The highest BCUT2D eigenvalue weighted by Crippen LogP contribution is 2.50. The average Bonchev–Trinajstić information content (AvgIpc) is 3.01. The van der Waals surface area contributed by atoms with E-state index in [1.54, 1.807) is 53.7 Å². The molecule has 1 aromatic rings. The maximum absolute atomic E-state index is 13.2. The van der Waals surface area contributed by atoms with Crippen LogP contribution in [0.3, 0.4) is 0 Å². The molecule has 0 aromatic heterocycles. The summed E-state index contributed by atoms with van der Waals surface area (Å²) >= 11 is 0. The predicted octanol–water partition coefficient (Wildman–Crippen LogP) is 3.60. The number of nitrogens with zero attached hydrogens (tertiary/aromatic N) is 2. The summed E-state index contributed by atoms with van der Waals surface area (Å²) in [5, 5.41) is 1.20. The smallest absolute Gasteiger partial charge is 0.428 e. The second-order valence-corrected chi connectivity index (χ2v) is 12.9. The summed E-state index contributed by atoms with van der Waals surface area (Å²) in [6, 6.07) is 4.40. The zero-order chi connectivity index (χ0) is 28.2. The zero-order valence-corrected chi connectivity index (χ0v) is 23.2. The highest BCUT2D eigenvalue weighted by Gasteiger charge is 2.66. The van der Waals surface area contributed by atoms with Crippen molar-refractivity contribution in [2.24, 2.45) is 5.92 Å². The van der Waals surface area contributed by atoms with E-state index in [1.165, 1.54) is 17.2 Å². The fourth-order valence-corrected chi connectivity index (χ4v) is 5.44. The van der Waals surface area contributed by atoms with Gasteiger partial charge in [0.2, 0.25) is 0 Å². The van der Waals surface area contributed by atoms with Crippen LogP contribution in [0.1, 0.15) is 53.5 Å². The third-order valence-corrected chi connectivity index (χ3v) is 7.17. The van der Waals surface area contributed by atoms with Gasteiger partial charge < -0.3 is 23.2 Å². The fraction of sp³-hybridized carbons (Fsp3) is 0.560. The maximum Gasteiger partial charge on any atom is 0.528 e. The lowest BCUT2D eigenvalue weighted by Gasteiger charge is -2.51. The van der Waals surface area contributed by atoms with E-state index in [1.807, 2.05) is 6.92 Å². The van der Waals surface area contributed by atoms with Crippen LogP contribution in [0.5, 0.6) is 0 Å². The van der Waals surface area contributed by atoms with Crippen LogP contribution in [0.4, 0.5) is 9.59 Å². The van der Waals surface area contributed by atoms with Crippen molar-refractivity contribution in [1.29, 1.82) is 0 Å². The van der Waals surface area contributed by atoms with Gasteiger partial charge in [-0.15, -0.1) is 5.06 Å². The summed E-state index contributed by atoms with van der Waals surface area (Å²) in [5.74, 6) is -1.75. The summed E-state index contributed by atoms with van der Waals surface area (Å²) in [7, 11) is -4.34. The van der Waals surface area contributed by atoms with E-state index in [2.05, 4.69) is 0 Å². The van der Waals surface area contributed by atoms with Gasteiger partial charge in [-0.3, -0.25) is 9.69 Å². The second kappa shape index (κ2) is 9.45. The Bertz CT molecular complexity index is 1270. The lowest BCUT2D eigenvalue weighted by Crippen LogP contribution is -2.72. The third kappa shape index (κ3) is 5.58. The van der Waals surface area contributed by atoms with Crippen LogP contribution in [-0.4, -0.2) is 66.4 Å². The first-order valence-corrected chi connectivity index (χ1v) is 13.5. The number of ether oxygens (including phenoxy) is 3.